The first-order valence-electron chi connectivity index (χ1n) is 9.00. The summed E-state index contributed by atoms with van der Waals surface area (Å²) in [6, 6.07) is 12.9. The molecular weight excluding hydrogens is 390 g/mol. The summed E-state index contributed by atoms with van der Waals surface area (Å²) in [6.07, 6.45) is 5.12. The van der Waals surface area contributed by atoms with Gasteiger partial charge in [0.15, 0.2) is 0 Å². The van der Waals surface area contributed by atoms with Gasteiger partial charge in [0.25, 0.3) is 0 Å². The maximum atomic E-state index is 11.1. The minimum absolute atomic E-state index is 0.357. The molecule has 3 aromatic rings. The first-order valence-corrected chi connectivity index (χ1v) is 10.9. The molecule has 0 amide bonds. The number of nitrogens with zero attached hydrogens (tertiary/aromatic N) is 3. The number of benzene rings is 1. The Morgan fingerprint density at radius 1 is 1.03 bits per heavy atom. The van der Waals surface area contributed by atoms with Gasteiger partial charge in [-0.15, -0.1) is 0 Å². The van der Waals surface area contributed by atoms with Crippen molar-refractivity contribution in [3.05, 3.63) is 54.9 Å². The summed E-state index contributed by atoms with van der Waals surface area (Å²) in [5.74, 6) is 1.11. The number of aromatic nitrogens is 3. The van der Waals surface area contributed by atoms with Crippen LogP contribution in [0.3, 0.4) is 0 Å². The zero-order valence-electron chi connectivity index (χ0n) is 16.0. The second-order valence-corrected chi connectivity index (χ2v) is 8.20. The van der Waals surface area contributed by atoms with E-state index in [2.05, 4.69) is 30.3 Å². The van der Waals surface area contributed by atoms with Gasteiger partial charge in [-0.1, -0.05) is 6.07 Å². The molecule has 0 bridgehead atoms. The number of hydrogen-bond donors (Lipinski definition) is 4. The van der Waals surface area contributed by atoms with E-state index in [-0.39, 0.29) is 0 Å². The molecule has 29 heavy (non-hydrogen) atoms. The van der Waals surface area contributed by atoms with Gasteiger partial charge in [0.2, 0.25) is 16.0 Å². The monoisotopic (exact) mass is 413 g/mol. The Hall–Kier alpha value is -3.24. The third kappa shape index (κ3) is 6.40. The molecule has 10 heteroatoms. The maximum Gasteiger partial charge on any atom is 0.227 e. The molecule has 152 valence electrons. The lowest BCUT2D eigenvalue weighted by Gasteiger charge is -2.12. The van der Waals surface area contributed by atoms with Crippen LogP contribution in [0.25, 0.3) is 11.3 Å². The summed E-state index contributed by atoms with van der Waals surface area (Å²) < 4.78 is 24.7. The number of pyridine rings is 1. The van der Waals surface area contributed by atoms with Crippen LogP contribution in [0.5, 0.6) is 0 Å². The van der Waals surface area contributed by atoms with Crippen molar-refractivity contribution in [1.29, 1.82) is 0 Å². The van der Waals surface area contributed by atoms with Gasteiger partial charge in [0, 0.05) is 42.4 Å². The third-order valence-corrected chi connectivity index (χ3v) is 4.62. The van der Waals surface area contributed by atoms with Crippen molar-refractivity contribution >= 4 is 33.2 Å². The Morgan fingerprint density at radius 2 is 1.90 bits per heavy atom. The van der Waals surface area contributed by atoms with Crippen LogP contribution in [0.1, 0.15) is 6.42 Å². The van der Waals surface area contributed by atoms with E-state index in [1.807, 2.05) is 30.3 Å². The van der Waals surface area contributed by atoms with Gasteiger partial charge in [-0.3, -0.25) is 0 Å². The zero-order valence-corrected chi connectivity index (χ0v) is 16.8. The van der Waals surface area contributed by atoms with Crippen molar-refractivity contribution in [3.63, 3.8) is 0 Å². The Bertz CT molecular complexity index is 1070. The van der Waals surface area contributed by atoms with Gasteiger partial charge in [0.1, 0.15) is 5.82 Å². The van der Waals surface area contributed by atoms with Gasteiger partial charge in [-0.2, -0.15) is 0 Å². The highest BCUT2D eigenvalue weighted by Gasteiger charge is 2.09. The van der Waals surface area contributed by atoms with E-state index in [0.717, 1.165) is 17.5 Å². The molecule has 0 saturated heterocycles. The van der Waals surface area contributed by atoms with Crippen LogP contribution in [-0.2, 0) is 10.0 Å². The van der Waals surface area contributed by atoms with Crippen LogP contribution in [0, 0.1) is 0 Å². The van der Waals surface area contributed by atoms with Crippen molar-refractivity contribution in [2.45, 2.75) is 6.42 Å². The average Bonchev–Trinajstić information content (AvgIpc) is 2.67. The fourth-order valence-electron chi connectivity index (χ4n) is 2.62. The zero-order chi connectivity index (χ0) is 20.7. The number of rotatable bonds is 9. The molecule has 5 N–H and O–H groups in total. The highest BCUT2D eigenvalue weighted by Crippen LogP contribution is 2.25. The molecule has 0 unspecified atom stereocenters. The second kappa shape index (κ2) is 9.30. The molecule has 0 atom stereocenters. The predicted molar refractivity (Wildman–Crippen MR) is 115 cm³/mol. The van der Waals surface area contributed by atoms with Gasteiger partial charge < -0.3 is 16.4 Å². The molecule has 2 aromatic heterocycles. The Kier molecular flexibility index (Phi) is 6.57. The number of nitrogens with one attached hydrogen (secondary N) is 3. The molecular formula is C19H23N7O2S. The molecule has 0 aliphatic carbocycles. The van der Waals surface area contributed by atoms with E-state index in [1.54, 1.807) is 24.5 Å². The molecule has 0 aliphatic rings. The number of hydrogen-bond acceptors (Lipinski definition) is 8. The smallest absolute Gasteiger partial charge is 0.227 e. The molecule has 1 aromatic carbocycles. The standard InChI is InChI=1S/C19H23N7O2S/c1-29(27,28)24-11-4-10-22-18-16(7-3-9-21-18)17-8-12-23-19(26-17)25-15-6-2-5-14(20)13-15/h2-3,5-9,12-13,24H,4,10-11,20H2,1H3,(H,21,22)(H,23,25,26). The summed E-state index contributed by atoms with van der Waals surface area (Å²) in [4.78, 5) is 13.2. The first-order chi connectivity index (χ1) is 13.9. The van der Waals surface area contributed by atoms with Crippen molar-refractivity contribution < 1.29 is 8.42 Å². The van der Waals surface area contributed by atoms with Crippen molar-refractivity contribution in [1.82, 2.24) is 19.7 Å². The van der Waals surface area contributed by atoms with Crippen LogP contribution in [-0.4, -0.2) is 42.7 Å². The fourth-order valence-corrected chi connectivity index (χ4v) is 3.14. The van der Waals surface area contributed by atoms with Crippen LogP contribution in [0.4, 0.5) is 23.1 Å². The predicted octanol–water partition coefficient (Wildman–Crippen LogP) is 2.22. The fraction of sp³-hybridized carbons (Fsp3) is 0.211. The number of nitrogens with two attached hydrogens (primary N) is 1. The lowest BCUT2D eigenvalue weighted by atomic mass is 10.2. The topological polar surface area (TPSA) is 135 Å². The van der Waals surface area contributed by atoms with Crippen LogP contribution < -0.4 is 21.1 Å². The largest absolute Gasteiger partial charge is 0.399 e. The van der Waals surface area contributed by atoms with E-state index in [0.29, 0.717) is 42.7 Å². The van der Waals surface area contributed by atoms with Gasteiger partial charge in [0.05, 0.1) is 11.9 Å². The van der Waals surface area contributed by atoms with Crippen molar-refractivity contribution in [2.75, 3.05) is 35.7 Å². The number of nitrogen functional groups attached to an aromatic ring is 1. The highest BCUT2D eigenvalue weighted by molar-refractivity contribution is 7.88. The minimum atomic E-state index is -3.18. The Labute approximate surface area is 169 Å². The van der Waals surface area contributed by atoms with Crippen LogP contribution in [0.2, 0.25) is 0 Å². The minimum Gasteiger partial charge on any atom is -0.399 e. The Balaban J connectivity index is 1.70. The van der Waals surface area contributed by atoms with Crippen LogP contribution in [0.15, 0.2) is 54.9 Å². The Morgan fingerprint density at radius 3 is 2.69 bits per heavy atom. The summed E-state index contributed by atoms with van der Waals surface area (Å²) in [5, 5.41) is 6.37. The quantitative estimate of drug-likeness (QED) is 0.310. The van der Waals surface area contributed by atoms with Gasteiger partial charge >= 0.3 is 0 Å². The molecule has 0 radical (unpaired) electrons. The van der Waals surface area contributed by atoms with E-state index in [1.165, 1.54) is 0 Å². The summed E-state index contributed by atoms with van der Waals surface area (Å²) >= 11 is 0. The molecule has 0 fully saturated rings. The molecule has 0 spiro atoms. The first kappa shape index (κ1) is 20.5. The van der Waals surface area contributed by atoms with E-state index in [4.69, 9.17) is 5.73 Å². The van der Waals surface area contributed by atoms with E-state index in [9.17, 15) is 8.42 Å². The summed E-state index contributed by atoms with van der Waals surface area (Å²) in [7, 11) is -3.18. The van der Waals surface area contributed by atoms with E-state index >= 15 is 0 Å². The SMILES string of the molecule is CS(=O)(=O)NCCCNc1ncccc1-c1ccnc(Nc2cccc(N)c2)n1. The normalized spacial score (nSPS) is 11.2. The lowest BCUT2D eigenvalue weighted by molar-refractivity contribution is 0.586. The van der Waals surface area contributed by atoms with Crippen molar-refractivity contribution in [3.8, 4) is 11.3 Å². The molecule has 0 aliphatic heterocycles. The molecule has 3 rings (SSSR count). The second-order valence-electron chi connectivity index (χ2n) is 6.36. The summed E-state index contributed by atoms with van der Waals surface area (Å²) in [6.45, 7) is 0.918. The average molecular weight is 414 g/mol. The lowest BCUT2D eigenvalue weighted by Crippen LogP contribution is -2.24. The number of anilines is 4. The third-order valence-electron chi connectivity index (χ3n) is 3.89. The van der Waals surface area contributed by atoms with Gasteiger partial charge in [-0.25, -0.2) is 28.1 Å². The maximum absolute atomic E-state index is 11.1. The van der Waals surface area contributed by atoms with Crippen molar-refractivity contribution in [2.24, 2.45) is 0 Å². The summed E-state index contributed by atoms with van der Waals surface area (Å²) in [5.41, 5.74) is 8.78. The molecule has 2 heterocycles. The van der Waals surface area contributed by atoms with Crippen LogP contribution >= 0.6 is 0 Å². The highest BCUT2D eigenvalue weighted by atomic mass is 32.2. The van der Waals surface area contributed by atoms with E-state index < -0.39 is 10.0 Å². The van der Waals surface area contributed by atoms with Gasteiger partial charge in [-0.05, 0) is 42.8 Å². The molecule has 0 saturated carbocycles. The molecule has 9 nitrogen and oxygen atoms in total. The number of sulfonamides is 1.